The smallest absolute Gasteiger partial charge is 0.0363 e. The molecule has 0 spiro atoms. The van der Waals surface area contributed by atoms with E-state index in [1.165, 1.54) is 192 Å². The van der Waals surface area contributed by atoms with E-state index in [9.17, 15) is 0 Å². The van der Waals surface area contributed by atoms with Gasteiger partial charge in [-0.15, -0.1) is 0 Å². The third kappa shape index (κ3) is 28.7. The van der Waals surface area contributed by atoms with Crippen LogP contribution in [0.1, 0.15) is 207 Å². The molecular formula is C44H81N. The second kappa shape index (κ2) is 32.7. The zero-order valence-corrected chi connectivity index (χ0v) is 31.4. The molecule has 0 saturated carbocycles. The zero-order valence-electron chi connectivity index (χ0n) is 31.4. The van der Waals surface area contributed by atoms with Crippen LogP contribution in [-0.2, 0) is 0 Å². The van der Waals surface area contributed by atoms with Gasteiger partial charge in [-0.05, 0) is 56.1 Å². The second-order valence-electron chi connectivity index (χ2n) is 15.0. The minimum atomic E-state index is 0.770. The van der Waals surface area contributed by atoms with Gasteiger partial charge in [-0.1, -0.05) is 205 Å². The summed E-state index contributed by atoms with van der Waals surface area (Å²) in [6.07, 6.45) is 46.6. The van der Waals surface area contributed by atoms with Crippen LogP contribution < -0.4 is 4.90 Å². The summed E-state index contributed by atoms with van der Waals surface area (Å²) in [5, 5.41) is 0. The molecule has 262 valence electrons. The molecule has 0 aromatic heterocycles. The monoisotopic (exact) mass is 624 g/mol. The van der Waals surface area contributed by atoms with Gasteiger partial charge in [0.05, 0.1) is 0 Å². The number of anilines is 1. The SMILES string of the molecule is CCCCCCCCCCCCCCCCCC=CC(CCCCCCCCCCCC(C)C)CCCN(C)c1ccccc1. The molecule has 1 aromatic carbocycles. The third-order valence-corrected chi connectivity index (χ3v) is 10.0. The molecule has 1 atom stereocenters. The first-order valence-electron chi connectivity index (χ1n) is 20.6. The van der Waals surface area contributed by atoms with Crippen LogP contribution in [0.5, 0.6) is 0 Å². The van der Waals surface area contributed by atoms with Gasteiger partial charge in [0.2, 0.25) is 0 Å². The van der Waals surface area contributed by atoms with Crippen molar-refractivity contribution < 1.29 is 0 Å². The number of para-hydroxylation sites is 1. The Morgan fingerprint density at radius 3 is 1.42 bits per heavy atom. The fourth-order valence-electron chi connectivity index (χ4n) is 6.86. The van der Waals surface area contributed by atoms with Crippen LogP contribution in [0.15, 0.2) is 42.5 Å². The third-order valence-electron chi connectivity index (χ3n) is 10.0. The highest BCUT2D eigenvalue weighted by Crippen LogP contribution is 2.21. The van der Waals surface area contributed by atoms with Gasteiger partial charge in [0, 0.05) is 19.3 Å². The van der Waals surface area contributed by atoms with E-state index in [0.717, 1.165) is 18.4 Å². The van der Waals surface area contributed by atoms with Crippen molar-refractivity contribution in [2.45, 2.75) is 207 Å². The highest BCUT2D eigenvalue weighted by molar-refractivity contribution is 5.44. The number of hydrogen-bond donors (Lipinski definition) is 0. The van der Waals surface area contributed by atoms with Gasteiger partial charge in [0.15, 0.2) is 0 Å². The highest BCUT2D eigenvalue weighted by atomic mass is 15.1. The zero-order chi connectivity index (χ0) is 32.5. The molecule has 1 rings (SSSR count). The average molecular weight is 624 g/mol. The number of hydrogen-bond acceptors (Lipinski definition) is 1. The predicted octanol–water partition coefficient (Wildman–Crippen LogP) is 15.3. The largest absolute Gasteiger partial charge is 0.375 e. The van der Waals surface area contributed by atoms with Crippen LogP contribution in [0.3, 0.4) is 0 Å². The highest BCUT2D eigenvalue weighted by Gasteiger charge is 2.07. The van der Waals surface area contributed by atoms with Gasteiger partial charge in [-0.2, -0.15) is 0 Å². The van der Waals surface area contributed by atoms with Gasteiger partial charge >= 0.3 is 0 Å². The number of rotatable bonds is 34. The Balaban J connectivity index is 2.15. The molecule has 0 fully saturated rings. The normalized spacial score (nSPS) is 12.5. The molecule has 0 aliphatic carbocycles. The topological polar surface area (TPSA) is 3.24 Å². The first-order chi connectivity index (χ1) is 22.1. The van der Waals surface area contributed by atoms with E-state index in [4.69, 9.17) is 0 Å². The summed E-state index contributed by atoms with van der Waals surface area (Å²) in [7, 11) is 2.25. The van der Waals surface area contributed by atoms with Crippen LogP contribution in [0.4, 0.5) is 5.69 Å². The molecule has 1 unspecified atom stereocenters. The molecule has 1 nitrogen and oxygen atoms in total. The lowest BCUT2D eigenvalue weighted by Crippen LogP contribution is -2.19. The Labute approximate surface area is 284 Å². The van der Waals surface area contributed by atoms with Gasteiger partial charge in [0.1, 0.15) is 0 Å². The summed E-state index contributed by atoms with van der Waals surface area (Å²) >= 11 is 0. The van der Waals surface area contributed by atoms with Gasteiger partial charge in [-0.3, -0.25) is 0 Å². The summed E-state index contributed by atoms with van der Waals surface area (Å²) < 4.78 is 0. The summed E-state index contributed by atoms with van der Waals surface area (Å²) in [5.74, 6) is 1.65. The molecular weight excluding hydrogens is 542 g/mol. The summed E-state index contributed by atoms with van der Waals surface area (Å²) in [4.78, 5) is 2.43. The summed E-state index contributed by atoms with van der Waals surface area (Å²) in [6, 6.07) is 10.9. The van der Waals surface area contributed by atoms with Crippen molar-refractivity contribution in [1.82, 2.24) is 0 Å². The van der Waals surface area contributed by atoms with Crippen LogP contribution >= 0.6 is 0 Å². The lowest BCUT2D eigenvalue weighted by atomic mass is 9.94. The van der Waals surface area contributed by atoms with E-state index in [1.54, 1.807) is 0 Å². The van der Waals surface area contributed by atoms with E-state index in [-0.39, 0.29) is 0 Å². The number of nitrogens with zero attached hydrogens (tertiary/aromatic N) is 1. The molecule has 0 N–H and O–H groups in total. The molecule has 0 aliphatic heterocycles. The van der Waals surface area contributed by atoms with Gasteiger partial charge < -0.3 is 4.90 Å². The van der Waals surface area contributed by atoms with E-state index in [0.29, 0.717) is 0 Å². The molecule has 45 heavy (non-hydrogen) atoms. The molecule has 0 aliphatic rings. The molecule has 0 amide bonds. The molecule has 0 radical (unpaired) electrons. The number of benzene rings is 1. The fraction of sp³-hybridized carbons (Fsp3) is 0.818. The van der Waals surface area contributed by atoms with Crippen molar-refractivity contribution in [3.8, 4) is 0 Å². The lowest BCUT2D eigenvalue weighted by molar-refractivity contribution is 0.474. The quantitative estimate of drug-likeness (QED) is 0.0545. The van der Waals surface area contributed by atoms with E-state index < -0.39 is 0 Å². The average Bonchev–Trinajstić information content (AvgIpc) is 3.04. The predicted molar refractivity (Wildman–Crippen MR) is 207 cm³/mol. The molecule has 0 bridgehead atoms. The molecule has 0 saturated heterocycles. The van der Waals surface area contributed by atoms with Crippen molar-refractivity contribution >= 4 is 5.69 Å². The first kappa shape index (κ1) is 41.8. The van der Waals surface area contributed by atoms with Gasteiger partial charge in [0.25, 0.3) is 0 Å². The molecule has 1 heteroatoms. The van der Waals surface area contributed by atoms with Crippen LogP contribution in [0, 0.1) is 11.8 Å². The van der Waals surface area contributed by atoms with Crippen molar-refractivity contribution in [3.05, 3.63) is 42.5 Å². The summed E-state index contributed by atoms with van der Waals surface area (Å²) in [5.41, 5.74) is 1.35. The summed E-state index contributed by atoms with van der Waals surface area (Å²) in [6.45, 7) is 8.17. The maximum absolute atomic E-state index is 2.61. The van der Waals surface area contributed by atoms with Crippen molar-refractivity contribution in [2.24, 2.45) is 11.8 Å². The lowest BCUT2D eigenvalue weighted by Gasteiger charge is -2.20. The van der Waals surface area contributed by atoms with Crippen LogP contribution in [0.25, 0.3) is 0 Å². The number of unbranched alkanes of at least 4 members (excludes halogenated alkanes) is 23. The van der Waals surface area contributed by atoms with Crippen LogP contribution in [-0.4, -0.2) is 13.6 Å². The number of allylic oxidation sites excluding steroid dienone is 2. The maximum atomic E-state index is 2.61. The van der Waals surface area contributed by atoms with Crippen molar-refractivity contribution in [3.63, 3.8) is 0 Å². The van der Waals surface area contributed by atoms with Crippen molar-refractivity contribution in [2.75, 3.05) is 18.5 Å². The Bertz CT molecular complexity index is 722. The molecule has 0 heterocycles. The van der Waals surface area contributed by atoms with E-state index >= 15 is 0 Å². The Morgan fingerprint density at radius 1 is 0.511 bits per heavy atom. The van der Waals surface area contributed by atoms with E-state index in [1.807, 2.05) is 0 Å². The molecule has 1 aromatic rings. The van der Waals surface area contributed by atoms with Gasteiger partial charge in [-0.25, -0.2) is 0 Å². The minimum Gasteiger partial charge on any atom is -0.375 e. The second-order valence-corrected chi connectivity index (χ2v) is 15.0. The Hall–Kier alpha value is -1.24. The van der Waals surface area contributed by atoms with Crippen molar-refractivity contribution in [1.29, 1.82) is 0 Å². The fourth-order valence-corrected chi connectivity index (χ4v) is 6.86. The standard InChI is InChI=1S/C44H81N/c1-5-6-7-8-9-10-11-12-13-14-15-16-17-20-23-26-30-36-43(38-34-41-45(4)44-39-32-28-33-40-44)37-31-27-24-21-18-19-22-25-29-35-42(2)3/h28,30,32-33,36,39-40,42-43H,5-27,29,31,34-35,37-38,41H2,1-4H3. The van der Waals surface area contributed by atoms with E-state index in [2.05, 4.69) is 75.2 Å². The van der Waals surface area contributed by atoms with Crippen LogP contribution in [0.2, 0.25) is 0 Å². The Morgan fingerprint density at radius 2 is 0.933 bits per heavy atom. The maximum Gasteiger partial charge on any atom is 0.0363 e. The first-order valence-corrected chi connectivity index (χ1v) is 20.6. The minimum absolute atomic E-state index is 0.770. The Kier molecular flexibility index (Phi) is 30.4.